The fourth-order valence-corrected chi connectivity index (χ4v) is 4.15. The first-order chi connectivity index (χ1) is 14.9. The number of amides is 1. The third kappa shape index (κ3) is 5.20. The minimum absolute atomic E-state index is 0.0978. The minimum atomic E-state index is -1.14. The fourth-order valence-electron chi connectivity index (χ4n) is 4.15. The lowest BCUT2D eigenvalue weighted by atomic mass is 9.93. The summed E-state index contributed by atoms with van der Waals surface area (Å²) in [6.45, 7) is 3.13. The quantitative estimate of drug-likeness (QED) is 0.590. The summed E-state index contributed by atoms with van der Waals surface area (Å²) < 4.78 is 5.42. The van der Waals surface area contributed by atoms with Gasteiger partial charge in [0.05, 0.1) is 6.61 Å². The van der Waals surface area contributed by atoms with E-state index >= 15 is 0 Å². The van der Waals surface area contributed by atoms with Gasteiger partial charge in [-0.15, -0.1) is 0 Å². The number of esters is 1. The van der Waals surface area contributed by atoms with Gasteiger partial charge in [0.1, 0.15) is 18.6 Å². The lowest BCUT2D eigenvalue weighted by Crippen LogP contribution is -2.56. The normalized spacial score (nSPS) is 14.9. The second-order valence-corrected chi connectivity index (χ2v) is 7.53. The van der Waals surface area contributed by atoms with E-state index in [9.17, 15) is 14.4 Å². The van der Waals surface area contributed by atoms with E-state index in [-0.39, 0.29) is 12.5 Å². The summed E-state index contributed by atoms with van der Waals surface area (Å²) in [6.07, 6.45) is 4.56. The second-order valence-electron chi connectivity index (χ2n) is 7.53. The molecule has 31 heavy (non-hydrogen) atoms. The number of ether oxygens (including phenoxy) is 1. The number of aliphatic carboxylic acids is 1. The molecule has 2 aromatic rings. The Kier molecular flexibility index (Phi) is 7.23. The van der Waals surface area contributed by atoms with Crippen molar-refractivity contribution in [3.05, 3.63) is 59.9 Å². The summed E-state index contributed by atoms with van der Waals surface area (Å²) in [4.78, 5) is 42.7. The zero-order valence-electron chi connectivity index (χ0n) is 17.7. The van der Waals surface area contributed by atoms with Crippen molar-refractivity contribution in [3.63, 3.8) is 0 Å². The number of rotatable bonds is 9. The Balaban J connectivity index is 1.98. The summed E-state index contributed by atoms with van der Waals surface area (Å²) in [5.41, 5.74) is 3.00. The molecule has 8 heteroatoms. The van der Waals surface area contributed by atoms with E-state index in [2.05, 4.69) is 22.4 Å². The summed E-state index contributed by atoms with van der Waals surface area (Å²) >= 11 is 0. The van der Waals surface area contributed by atoms with Crippen LogP contribution < -0.4 is 10.2 Å². The Hall–Kier alpha value is -3.42. The predicted octanol–water partition coefficient (Wildman–Crippen LogP) is 1.82. The van der Waals surface area contributed by atoms with Gasteiger partial charge in [-0.2, -0.15) is 0 Å². The van der Waals surface area contributed by atoms with Gasteiger partial charge in [-0.25, -0.2) is 4.79 Å². The van der Waals surface area contributed by atoms with Gasteiger partial charge in [-0.05, 0) is 55.9 Å². The van der Waals surface area contributed by atoms with Gasteiger partial charge in [-0.1, -0.05) is 24.3 Å². The first-order valence-electron chi connectivity index (χ1n) is 10.3. The Morgan fingerprint density at radius 1 is 1.16 bits per heavy atom. The Morgan fingerprint density at radius 2 is 1.77 bits per heavy atom. The SMILES string of the molecule is CCOC(=O)C(C1Cc2ccccc2C1)N(c1ccncc1)[C@@H](C)C(=O)NCC(=O)O. The molecule has 2 N–H and O–H groups in total. The smallest absolute Gasteiger partial charge is 0.329 e. The molecule has 1 amide bonds. The number of hydrogen-bond acceptors (Lipinski definition) is 6. The molecule has 0 bridgehead atoms. The van der Waals surface area contributed by atoms with Crippen molar-refractivity contribution in [3.8, 4) is 0 Å². The third-order valence-corrected chi connectivity index (χ3v) is 5.53. The number of aromatic nitrogens is 1. The van der Waals surface area contributed by atoms with Crippen molar-refractivity contribution in [1.29, 1.82) is 0 Å². The van der Waals surface area contributed by atoms with Crippen LogP contribution >= 0.6 is 0 Å². The summed E-state index contributed by atoms with van der Waals surface area (Å²) in [5, 5.41) is 11.3. The number of pyridine rings is 1. The average molecular weight is 425 g/mol. The minimum Gasteiger partial charge on any atom is -0.480 e. The highest BCUT2D eigenvalue weighted by Crippen LogP contribution is 2.34. The maximum Gasteiger partial charge on any atom is 0.329 e. The molecule has 1 aromatic heterocycles. The number of nitrogens with one attached hydrogen (secondary N) is 1. The van der Waals surface area contributed by atoms with Crippen LogP contribution in [0.15, 0.2) is 48.8 Å². The maximum atomic E-state index is 13.2. The first-order valence-corrected chi connectivity index (χ1v) is 10.3. The van der Waals surface area contributed by atoms with Crippen molar-refractivity contribution in [1.82, 2.24) is 10.3 Å². The molecule has 0 spiro atoms. The van der Waals surface area contributed by atoms with Gasteiger partial charge in [-0.3, -0.25) is 14.6 Å². The number of hydrogen-bond donors (Lipinski definition) is 2. The topological polar surface area (TPSA) is 109 Å². The van der Waals surface area contributed by atoms with Gasteiger partial charge in [0.25, 0.3) is 0 Å². The van der Waals surface area contributed by atoms with Crippen LogP contribution in [0.4, 0.5) is 5.69 Å². The van der Waals surface area contributed by atoms with Gasteiger partial charge in [0, 0.05) is 18.1 Å². The van der Waals surface area contributed by atoms with Crippen LogP contribution in [0, 0.1) is 5.92 Å². The number of anilines is 1. The van der Waals surface area contributed by atoms with Gasteiger partial charge >= 0.3 is 11.9 Å². The average Bonchev–Trinajstić information content (AvgIpc) is 3.19. The standard InChI is InChI=1S/C23H27N3O5/c1-3-31-23(30)21(18-12-16-6-4-5-7-17(16)13-18)26(19-8-10-24-11-9-19)15(2)22(29)25-14-20(27)28/h4-11,15,18,21H,3,12-14H2,1-2H3,(H,25,29)(H,27,28)/t15-,21?/m0/s1. The predicted molar refractivity (Wildman–Crippen MR) is 115 cm³/mol. The number of nitrogens with zero attached hydrogens (tertiary/aromatic N) is 2. The summed E-state index contributed by atoms with van der Waals surface area (Å²) in [5.74, 6) is -2.12. The highest BCUT2D eigenvalue weighted by atomic mass is 16.5. The number of carbonyl (C=O) groups excluding carboxylic acids is 2. The molecule has 0 fully saturated rings. The fraction of sp³-hybridized carbons (Fsp3) is 0.391. The zero-order valence-corrected chi connectivity index (χ0v) is 17.7. The molecule has 1 aliphatic carbocycles. The number of fused-ring (bicyclic) bond motifs is 1. The van der Waals surface area contributed by atoms with Crippen molar-refractivity contribution in [2.45, 2.75) is 38.8 Å². The molecule has 0 radical (unpaired) electrons. The number of carboxylic acids is 1. The van der Waals surface area contributed by atoms with Crippen LogP contribution in [0.25, 0.3) is 0 Å². The number of carbonyl (C=O) groups is 3. The van der Waals surface area contributed by atoms with Crippen molar-refractivity contribution >= 4 is 23.5 Å². The summed E-state index contributed by atoms with van der Waals surface area (Å²) in [6, 6.07) is 9.99. The molecule has 8 nitrogen and oxygen atoms in total. The second kappa shape index (κ2) is 10.1. The van der Waals surface area contributed by atoms with E-state index in [0.29, 0.717) is 18.5 Å². The maximum absolute atomic E-state index is 13.2. The number of benzene rings is 1. The van der Waals surface area contributed by atoms with Crippen LogP contribution in [0.1, 0.15) is 25.0 Å². The van der Waals surface area contributed by atoms with Crippen LogP contribution in [-0.2, 0) is 32.0 Å². The molecule has 1 aromatic carbocycles. The monoisotopic (exact) mass is 425 g/mol. The Labute approximate surface area is 181 Å². The van der Waals surface area contributed by atoms with Crippen molar-refractivity contribution in [2.75, 3.05) is 18.1 Å². The zero-order chi connectivity index (χ0) is 22.4. The lowest BCUT2D eigenvalue weighted by molar-refractivity contribution is -0.146. The molecule has 1 aliphatic rings. The van der Waals surface area contributed by atoms with Crippen LogP contribution in [0.3, 0.4) is 0 Å². The number of carboxylic acid groups (broad SMARTS) is 1. The van der Waals surface area contributed by atoms with Crippen LogP contribution in [-0.4, -0.2) is 53.2 Å². The molecular formula is C23H27N3O5. The molecular weight excluding hydrogens is 398 g/mol. The molecule has 0 aliphatic heterocycles. The molecule has 0 saturated heterocycles. The molecule has 1 unspecified atom stereocenters. The molecule has 2 atom stereocenters. The van der Waals surface area contributed by atoms with E-state index in [1.165, 1.54) is 11.1 Å². The molecule has 164 valence electrons. The van der Waals surface area contributed by atoms with E-state index in [1.807, 2.05) is 12.1 Å². The van der Waals surface area contributed by atoms with Gasteiger partial charge in [0.15, 0.2) is 0 Å². The highest BCUT2D eigenvalue weighted by Gasteiger charge is 2.41. The van der Waals surface area contributed by atoms with E-state index in [4.69, 9.17) is 9.84 Å². The van der Waals surface area contributed by atoms with Crippen LogP contribution in [0.5, 0.6) is 0 Å². The first kappa shape index (κ1) is 22.3. The highest BCUT2D eigenvalue weighted by molar-refractivity contribution is 5.90. The van der Waals surface area contributed by atoms with E-state index in [0.717, 1.165) is 0 Å². The van der Waals surface area contributed by atoms with Crippen LogP contribution in [0.2, 0.25) is 0 Å². The summed E-state index contributed by atoms with van der Waals surface area (Å²) in [7, 11) is 0. The molecule has 3 rings (SSSR count). The molecule has 1 heterocycles. The lowest BCUT2D eigenvalue weighted by Gasteiger charge is -2.39. The van der Waals surface area contributed by atoms with E-state index in [1.54, 1.807) is 43.3 Å². The van der Waals surface area contributed by atoms with Gasteiger partial charge < -0.3 is 20.1 Å². The Bertz CT molecular complexity index is 909. The van der Waals surface area contributed by atoms with Crippen molar-refractivity contribution in [2.24, 2.45) is 5.92 Å². The van der Waals surface area contributed by atoms with Crippen molar-refractivity contribution < 1.29 is 24.2 Å². The molecule has 0 saturated carbocycles. The third-order valence-electron chi connectivity index (χ3n) is 5.53. The Morgan fingerprint density at radius 3 is 2.32 bits per heavy atom. The van der Waals surface area contributed by atoms with Gasteiger partial charge in [0.2, 0.25) is 5.91 Å². The van der Waals surface area contributed by atoms with E-state index < -0.39 is 36.5 Å². The largest absolute Gasteiger partial charge is 0.480 e.